The average molecular weight is 626 g/mol. The third kappa shape index (κ3) is 6.92. The van der Waals surface area contributed by atoms with Crippen LogP contribution < -0.4 is 15.1 Å². The molecule has 0 bridgehead atoms. The first-order valence-electron chi connectivity index (χ1n) is 12.7. The molecular weight excluding hydrogens is 595 g/mol. The van der Waals surface area contributed by atoms with Crippen molar-refractivity contribution in [3.8, 4) is 0 Å². The lowest BCUT2D eigenvalue weighted by Crippen LogP contribution is -2.56. The minimum absolute atomic E-state index is 0. The van der Waals surface area contributed by atoms with Crippen molar-refractivity contribution in [2.45, 2.75) is 62.7 Å². The number of aromatic nitrogens is 2. The number of nitrogens with zero attached hydrogens (tertiary/aromatic N) is 4. The number of carbonyl (C=O) groups is 2. The van der Waals surface area contributed by atoms with Gasteiger partial charge in [0, 0.05) is 53.6 Å². The van der Waals surface area contributed by atoms with E-state index in [9.17, 15) is 22.8 Å². The lowest BCUT2D eigenvalue weighted by Gasteiger charge is -2.39. The molecule has 0 spiro atoms. The van der Waals surface area contributed by atoms with E-state index in [1.54, 1.807) is 47.6 Å². The maximum atomic E-state index is 14.5. The second-order valence-electron chi connectivity index (χ2n) is 9.98. The fourth-order valence-electron chi connectivity index (χ4n) is 5.32. The van der Waals surface area contributed by atoms with E-state index in [4.69, 9.17) is 11.6 Å². The number of rotatable bonds is 7. The summed E-state index contributed by atoms with van der Waals surface area (Å²) in [6, 6.07) is 10.6. The molecule has 2 amide bonds. The van der Waals surface area contributed by atoms with E-state index in [-0.39, 0.29) is 49.3 Å². The SMILES string of the molecule is C[C@H]1CCC(C(=O)N(c2cccc(F)c2)[C@@H](C(=O)NC2CC(F)(F)C2)c2ccccc2Cl)N1c1ncccn1.S.S. The predicted octanol–water partition coefficient (Wildman–Crippen LogP) is 5.54. The molecule has 2 fully saturated rings. The minimum Gasteiger partial charge on any atom is -0.351 e. The van der Waals surface area contributed by atoms with Gasteiger partial charge in [-0.2, -0.15) is 27.0 Å². The molecule has 2 heterocycles. The van der Waals surface area contributed by atoms with Gasteiger partial charge < -0.3 is 10.2 Å². The van der Waals surface area contributed by atoms with Gasteiger partial charge >= 0.3 is 0 Å². The Kier molecular flexibility index (Phi) is 10.6. The highest BCUT2D eigenvalue weighted by Gasteiger charge is 2.48. The number of carbonyl (C=O) groups excluding carboxylic acids is 2. The smallest absolute Gasteiger partial charge is 0.252 e. The summed E-state index contributed by atoms with van der Waals surface area (Å²) in [6.07, 6.45) is 3.26. The highest BCUT2D eigenvalue weighted by atomic mass is 35.5. The van der Waals surface area contributed by atoms with Gasteiger partial charge in [-0.15, -0.1) is 0 Å². The molecule has 1 unspecified atom stereocenters. The molecule has 1 saturated heterocycles. The molecule has 1 aliphatic heterocycles. The van der Waals surface area contributed by atoms with Crippen LogP contribution in [-0.4, -0.2) is 45.8 Å². The number of anilines is 2. The largest absolute Gasteiger partial charge is 0.351 e. The molecule has 41 heavy (non-hydrogen) atoms. The number of alkyl halides is 2. The zero-order chi connectivity index (χ0) is 27.7. The number of hydrogen-bond donors (Lipinski definition) is 1. The fraction of sp³-hybridized carbons (Fsp3) is 0.357. The van der Waals surface area contributed by atoms with Crippen molar-refractivity contribution in [3.05, 3.63) is 83.4 Å². The molecule has 1 aromatic heterocycles. The van der Waals surface area contributed by atoms with Crippen molar-refractivity contribution in [2.24, 2.45) is 0 Å². The molecule has 2 aliphatic rings. The Hall–Kier alpha value is -2.96. The van der Waals surface area contributed by atoms with Crippen LogP contribution in [0.1, 0.15) is 44.2 Å². The van der Waals surface area contributed by atoms with Crippen LogP contribution in [0.5, 0.6) is 0 Å². The van der Waals surface area contributed by atoms with Gasteiger partial charge in [0.05, 0.1) is 0 Å². The maximum Gasteiger partial charge on any atom is 0.252 e. The van der Waals surface area contributed by atoms with E-state index in [0.717, 1.165) is 6.07 Å². The first-order chi connectivity index (χ1) is 18.6. The summed E-state index contributed by atoms with van der Waals surface area (Å²) in [5.41, 5.74) is 0.418. The average Bonchev–Trinajstić information content (AvgIpc) is 3.28. The molecule has 2 aromatic carbocycles. The van der Waals surface area contributed by atoms with Crippen LogP contribution in [0.15, 0.2) is 67.0 Å². The summed E-state index contributed by atoms with van der Waals surface area (Å²) in [5.74, 6) is -4.28. The normalized spacial score (nSPS) is 20.2. The van der Waals surface area contributed by atoms with Gasteiger partial charge in [-0.25, -0.2) is 23.1 Å². The minimum atomic E-state index is -2.86. The van der Waals surface area contributed by atoms with Crippen molar-refractivity contribution >= 4 is 62.0 Å². The molecule has 220 valence electrons. The van der Waals surface area contributed by atoms with E-state index in [1.807, 2.05) is 6.92 Å². The van der Waals surface area contributed by atoms with Gasteiger partial charge in [-0.1, -0.05) is 35.9 Å². The molecule has 7 nitrogen and oxygen atoms in total. The zero-order valence-electron chi connectivity index (χ0n) is 22.1. The van der Waals surface area contributed by atoms with Crippen molar-refractivity contribution in [1.29, 1.82) is 0 Å². The molecule has 3 atom stereocenters. The Morgan fingerprint density at radius 2 is 1.73 bits per heavy atom. The second kappa shape index (κ2) is 13.3. The maximum absolute atomic E-state index is 14.5. The van der Waals surface area contributed by atoms with Gasteiger partial charge in [-0.3, -0.25) is 14.5 Å². The number of halogens is 4. The summed E-state index contributed by atoms with van der Waals surface area (Å²) in [4.78, 5) is 39.9. The Bertz CT molecular complexity index is 1370. The van der Waals surface area contributed by atoms with Crippen LogP contribution in [0.2, 0.25) is 5.02 Å². The molecule has 1 saturated carbocycles. The van der Waals surface area contributed by atoms with Crippen molar-refractivity contribution in [2.75, 3.05) is 9.80 Å². The third-order valence-electron chi connectivity index (χ3n) is 7.20. The summed E-state index contributed by atoms with van der Waals surface area (Å²) >= 11 is 6.53. The second-order valence-corrected chi connectivity index (χ2v) is 10.4. The molecule has 13 heteroatoms. The van der Waals surface area contributed by atoms with Crippen molar-refractivity contribution in [3.63, 3.8) is 0 Å². The van der Waals surface area contributed by atoms with Crippen LogP contribution in [0, 0.1) is 5.82 Å². The molecule has 0 radical (unpaired) electrons. The van der Waals surface area contributed by atoms with Crippen molar-refractivity contribution in [1.82, 2.24) is 15.3 Å². The number of benzene rings is 2. The van der Waals surface area contributed by atoms with Gasteiger partial charge in [-0.05, 0) is 50.1 Å². The predicted molar refractivity (Wildman–Crippen MR) is 162 cm³/mol. The number of hydrogen-bond acceptors (Lipinski definition) is 5. The van der Waals surface area contributed by atoms with E-state index in [0.29, 0.717) is 18.8 Å². The van der Waals surface area contributed by atoms with E-state index in [2.05, 4.69) is 15.3 Å². The summed E-state index contributed by atoms with van der Waals surface area (Å²) in [7, 11) is 0. The zero-order valence-corrected chi connectivity index (χ0v) is 24.9. The quantitative estimate of drug-likeness (QED) is 0.373. The Labute approximate surface area is 255 Å². The lowest BCUT2D eigenvalue weighted by atomic mass is 9.87. The van der Waals surface area contributed by atoms with Crippen LogP contribution in [-0.2, 0) is 9.59 Å². The monoisotopic (exact) mass is 625 g/mol. The van der Waals surface area contributed by atoms with E-state index < -0.39 is 54.5 Å². The summed E-state index contributed by atoms with van der Waals surface area (Å²) < 4.78 is 41.6. The molecule has 1 N–H and O–H groups in total. The van der Waals surface area contributed by atoms with Crippen LogP contribution in [0.25, 0.3) is 0 Å². The Morgan fingerprint density at radius 3 is 2.37 bits per heavy atom. The topological polar surface area (TPSA) is 78.4 Å². The summed E-state index contributed by atoms with van der Waals surface area (Å²) in [5, 5.41) is 2.86. The van der Waals surface area contributed by atoms with E-state index >= 15 is 0 Å². The van der Waals surface area contributed by atoms with Crippen LogP contribution >= 0.6 is 38.6 Å². The first kappa shape index (κ1) is 32.6. The van der Waals surface area contributed by atoms with Gasteiger partial charge in [0.1, 0.15) is 17.9 Å². The standard InChI is InChI=1S/C28H27ClF3N5O2.2H2S/c1-17-10-11-23(36(17)27-33-12-5-13-34-27)26(39)37(20-7-4-6-18(30)14-20)24(21-8-2-3-9-22(21)29)25(38)35-19-15-28(31,32)16-19;;/h2-9,12-14,17,19,23-24H,10-11,15-16H2,1H3,(H,35,38);2*1H2/t17-,23?,24+;;/m0../s1. The van der Waals surface area contributed by atoms with Crippen LogP contribution in [0.4, 0.5) is 24.8 Å². The highest BCUT2D eigenvalue weighted by Crippen LogP contribution is 2.40. The lowest BCUT2D eigenvalue weighted by molar-refractivity contribution is -0.133. The Morgan fingerprint density at radius 1 is 1.05 bits per heavy atom. The molecule has 5 rings (SSSR count). The van der Waals surface area contributed by atoms with Gasteiger partial charge in [0.2, 0.25) is 11.9 Å². The molecular formula is C28H31ClF3N5O2S2. The van der Waals surface area contributed by atoms with Crippen molar-refractivity contribution < 1.29 is 22.8 Å². The highest BCUT2D eigenvalue weighted by molar-refractivity contribution is 7.59. The van der Waals surface area contributed by atoms with Crippen LogP contribution in [0.3, 0.4) is 0 Å². The van der Waals surface area contributed by atoms with E-state index in [1.165, 1.54) is 23.1 Å². The molecule has 3 aromatic rings. The fourth-order valence-corrected chi connectivity index (χ4v) is 5.55. The number of nitrogens with one attached hydrogen (secondary N) is 1. The van der Waals surface area contributed by atoms with Gasteiger partial charge in [0.25, 0.3) is 11.8 Å². The first-order valence-corrected chi connectivity index (χ1v) is 13.1. The Balaban J connectivity index is 0.00000231. The summed E-state index contributed by atoms with van der Waals surface area (Å²) in [6.45, 7) is 1.95. The third-order valence-corrected chi connectivity index (χ3v) is 7.55. The molecule has 1 aliphatic carbocycles. The number of amides is 2. The van der Waals surface area contributed by atoms with Gasteiger partial charge in [0.15, 0.2) is 0 Å².